The predicted octanol–water partition coefficient (Wildman–Crippen LogP) is 1.94. The Kier molecular flexibility index (Phi) is 6.02. The van der Waals surface area contributed by atoms with Crippen LogP contribution >= 0.6 is 11.6 Å². The van der Waals surface area contributed by atoms with E-state index in [0.29, 0.717) is 31.8 Å². The van der Waals surface area contributed by atoms with E-state index in [1.165, 1.54) is 5.56 Å². The number of piperazine rings is 1. The second-order valence-electron chi connectivity index (χ2n) is 6.90. The van der Waals surface area contributed by atoms with E-state index >= 15 is 0 Å². The van der Waals surface area contributed by atoms with Crippen molar-refractivity contribution in [2.45, 2.75) is 18.9 Å². The van der Waals surface area contributed by atoms with Gasteiger partial charge in [-0.05, 0) is 24.3 Å². The van der Waals surface area contributed by atoms with Gasteiger partial charge in [-0.15, -0.1) is 11.6 Å². The first-order valence-electron chi connectivity index (χ1n) is 8.83. The Bertz CT molecular complexity index is 674. The second kappa shape index (κ2) is 8.06. The maximum atomic E-state index is 11.8. The Morgan fingerprint density at radius 1 is 1.08 bits per heavy atom. The summed E-state index contributed by atoms with van der Waals surface area (Å²) in [6, 6.07) is 10.5. The van der Waals surface area contributed by atoms with E-state index in [2.05, 4.69) is 17.0 Å². The fraction of sp³-hybridized carbons (Fsp3) is 0.611. The number of carbonyl (C=O) groups is 1. The normalized spacial score (nSPS) is 23.3. The Morgan fingerprint density at radius 3 is 2.24 bits per heavy atom. The van der Waals surface area contributed by atoms with Crippen LogP contribution in [0, 0.1) is 5.92 Å². The predicted molar refractivity (Wildman–Crippen MR) is 99.4 cm³/mol. The van der Waals surface area contributed by atoms with E-state index in [1.807, 2.05) is 23.1 Å². The minimum Gasteiger partial charge on any atom is -0.339 e. The molecule has 138 valence electrons. The fourth-order valence-electron chi connectivity index (χ4n) is 3.99. The highest BCUT2D eigenvalue weighted by molar-refractivity contribution is 7.91. The van der Waals surface area contributed by atoms with Gasteiger partial charge in [0, 0.05) is 32.2 Å². The molecule has 0 radical (unpaired) electrons. The van der Waals surface area contributed by atoms with Crippen molar-refractivity contribution in [1.29, 1.82) is 0 Å². The largest absolute Gasteiger partial charge is 0.339 e. The van der Waals surface area contributed by atoms with Crippen LogP contribution in [0.25, 0.3) is 0 Å². The molecule has 3 rings (SSSR count). The number of nitrogens with zero attached hydrogens (tertiary/aromatic N) is 2. The van der Waals surface area contributed by atoms with Gasteiger partial charge in [-0.25, -0.2) is 8.42 Å². The minimum absolute atomic E-state index is 0.0127. The Labute approximate surface area is 154 Å². The third-order valence-corrected chi connectivity index (χ3v) is 7.31. The highest BCUT2D eigenvalue weighted by atomic mass is 35.5. The van der Waals surface area contributed by atoms with Crippen LogP contribution in [0.2, 0.25) is 0 Å². The molecular weight excluding hydrogens is 360 g/mol. The first-order valence-corrected chi connectivity index (χ1v) is 11.2. The van der Waals surface area contributed by atoms with Gasteiger partial charge in [0.25, 0.3) is 0 Å². The molecule has 1 amide bonds. The zero-order chi connectivity index (χ0) is 17.9. The first kappa shape index (κ1) is 18.7. The third kappa shape index (κ3) is 4.54. The number of hydrogen-bond donors (Lipinski definition) is 0. The van der Waals surface area contributed by atoms with Crippen LogP contribution < -0.4 is 0 Å². The maximum Gasteiger partial charge on any atom is 0.237 e. The molecule has 2 fully saturated rings. The zero-order valence-corrected chi connectivity index (χ0v) is 15.9. The fourth-order valence-corrected chi connectivity index (χ4v) is 5.69. The van der Waals surface area contributed by atoms with Crippen LogP contribution in [0.15, 0.2) is 30.3 Å². The number of halogens is 1. The van der Waals surface area contributed by atoms with Gasteiger partial charge in [0.1, 0.15) is 15.7 Å². The second-order valence-corrected chi connectivity index (χ2v) is 9.47. The zero-order valence-electron chi connectivity index (χ0n) is 14.3. The van der Waals surface area contributed by atoms with Crippen LogP contribution in [-0.4, -0.2) is 67.7 Å². The number of hydrogen-bond acceptors (Lipinski definition) is 4. The Morgan fingerprint density at radius 2 is 1.68 bits per heavy atom. The summed E-state index contributed by atoms with van der Waals surface area (Å²) in [7, 11) is -2.87. The molecular formula is C18H25ClN2O3S. The van der Waals surface area contributed by atoms with Crippen LogP contribution in [0.5, 0.6) is 0 Å². The summed E-state index contributed by atoms with van der Waals surface area (Å²) in [5.41, 5.74) is 1.24. The van der Waals surface area contributed by atoms with Crippen LogP contribution in [0.1, 0.15) is 24.4 Å². The lowest BCUT2D eigenvalue weighted by Gasteiger charge is -2.43. The average Bonchev–Trinajstić information content (AvgIpc) is 2.64. The molecule has 2 saturated heterocycles. The maximum absolute atomic E-state index is 11.8. The Hall–Kier alpha value is -1.11. The molecule has 1 aromatic carbocycles. The van der Waals surface area contributed by atoms with Crippen LogP contribution in [0.4, 0.5) is 0 Å². The molecule has 1 unspecified atom stereocenters. The lowest BCUT2D eigenvalue weighted by Crippen LogP contribution is -2.51. The van der Waals surface area contributed by atoms with E-state index in [0.717, 1.165) is 13.1 Å². The van der Waals surface area contributed by atoms with Crippen molar-refractivity contribution in [3.05, 3.63) is 35.9 Å². The van der Waals surface area contributed by atoms with Gasteiger partial charge in [0.2, 0.25) is 5.91 Å². The van der Waals surface area contributed by atoms with E-state index in [1.54, 1.807) is 0 Å². The van der Waals surface area contributed by atoms with Crippen molar-refractivity contribution in [3.63, 3.8) is 0 Å². The molecule has 0 aliphatic carbocycles. The smallest absolute Gasteiger partial charge is 0.237 e. The molecule has 25 heavy (non-hydrogen) atoms. The van der Waals surface area contributed by atoms with Crippen molar-refractivity contribution in [1.82, 2.24) is 9.80 Å². The van der Waals surface area contributed by atoms with Gasteiger partial charge in [0.15, 0.2) is 0 Å². The lowest BCUT2D eigenvalue weighted by atomic mass is 9.87. The minimum atomic E-state index is -2.87. The van der Waals surface area contributed by atoms with Crippen LogP contribution in [-0.2, 0) is 14.6 Å². The van der Waals surface area contributed by atoms with Crippen molar-refractivity contribution >= 4 is 27.3 Å². The molecule has 0 spiro atoms. The molecule has 0 N–H and O–H groups in total. The molecule has 0 aromatic heterocycles. The summed E-state index contributed by atoms with van der Waals surface area (Å²) < 4.78 is 23.6. The van der Waals surface area contributed by atoms with Gasteiger partial charge in [-0.2, -0.15) is 0 Å². The highest BCUT2D eigenvalue weighted by Crippen LogP contribution is 2.36. The molecule has 1 atom stereocenters. The van der Waals surface area contributed by atoms with E-state index in [4.69, 9.17) is 11.6 Å². The van der Waals surface area contributed by atoms with Gasteiger partial charge in [0.05, 0.1) is 11.5 Å². The third-order valence-electron chi connectivity index (χ3n) is 5.36. The van der Waals surface area contributed by atoms with Gasteiger partial charge in [-0.3, -0.25) is 9.69 Å². The molecule has 0 bridgehead atoms. The summed E-state index contributed by atoms with van der Waals surface area (Å²) >= 11 is 5.67. The van der Waals surface area contributed by atoms with Gasteiger partial charge in [-0.1, -0.05) is 30.3 Å². The molecule has 2 heterocycles. The number of sulfone groups is 1. The number of amides is 1. The highest BCUT2D eigenvalue weighted by Gasteiger charge is 2.35. The standard InChI is InChI=1S/C18H25ClN2O3S/c19-14-17(22)20-8-10-21(11-9-20)18(15-4-2-1-3-5-15)16-6-12-25(23,24)13-7-16/h1-5,16,18H,6-14H2. The number of alkyl halides is 1. The number of carbonyl (C=O) groups excluding carboxylic acids is 1. The molecule has 2 aliphatic rings. The van der Waals surface area contributed by atoms with Crippen molar-refractivity contribution in [3.8, 4) is 0 Å². The Balaban J connectivity index is 1.75. The summed E-state index contributed by atoms with van der Waals surface area (Å²) in [6.07, 6.45) is 1.42. The van der Waals surface area contributed by atoms with Crippen molar-refractivity contribution < 1.29 is 13.2 Å². The topological polar surface area (TPSA) is 57.7 Å². The summed E-state index contributed by atoms with van der Waals surface area (Å²) in [5.74, 6) is 0.919. The molecule has 2 aliphatic heterocycles. The SMILES string of the molecule is O=C(CCl)N1CCN(C(c2ccccc2)C2CCS(=O)(=O)CC2)CC1. The first-order chi connectivity index (χ1) is 12.0. The summed E-state index contributed by atoms with van der Waals surface area (Å²) in [4.78, 5) is 16.0. The summed E-state index contributed by atoms with van der Waals surface area (Å²) in [5, 5.41) is 0. The summed E-state index contributed by atoms with van der Waals surface area (Å²) in [6.45, 7) is 2.96. The van der Waals surface area contributed by atoms with E-state index in [9.17, 15) is 13.2 Å². The molecule has 5 nitrogen and oxygen atoms in total. The molecule has 0 saturated carbocycles. The number of rotatable bonds is 4. The monoisotopic (exact) mass is 384 g/mol. The molecule has 1 aromatic rings. The van der Waals surface area contributed by atoms with Crippen molar-refractivity contribution in [2.75, 3.05) is 43.6 Å². The van der Waals surface area contributed by atoms with Gasteiger partial charge < -0.3 is 4.90 Å². The number of benzene rings is 1. The van der Waals surface area contributed by atoms with E-state index in [-0.39, 0.29) is 29.3 Å². The lowest BCUT2D eigenvalue weighted by molar-refractivity contribution is -0.130. The van der Waals surface area contributed by atoms with Gasteiger partial charge >= 0.3 is 0 Å². The quantitative estimate of drug-likeness (QED) is 0.744. The van der Waals surface area contributed by atoms with E-state index < -0.39 is 9.84 Å². The molecule has 7 heteroatoms. The van der Waals surface area contributed by atoms with Crippen LogP contribution in [0.3, 0.4) is 0 Å². The van der Waals surface area contributed by atoms with Crippen molar-refractivity contribution in [2.24, 2.45) is 5.92 Å². The average molecular weight is 385 g/mol.